The van der Waals surface area contributed by atoms with Crippen molar-refractivity contribution in [1.82, 2.24) is 30.9 Å². The topological polar surface area (TPSA) is 74.8 Å². The lowest BCUT2D eigenvalue weighted by atomic mass is 9.86. The summed E-state index contributed by atoms with van der Waals surface area (Å²) < 4.78 is 0. The Kier molecular flexibility index (Phi) is 8.15. The molecule has 6 heteroatoms. The van der Waals surface area contributed by atoms with Gasteiger partial charge in [-0.1, -0.05) is 18.2 Å². The summed E-state index contributed by atoms with van der Waals surface area (Å²) in [5.41, 5.74) is 7.10. The lowest BCUT2D eigenvalue weighted by Gasteiger charge is -2.36. The monoisotopic (exact) mass is 444 g/mol. The van der Waals surface area contributed by atoms with Gasteiger partial charge in [0.25, 0.3) is 0 Å². The molecule has 0 spiro atoms. The highest BCUT2D eigenvalue weighted by Crippen LogP contribution is 2.21. The number of pyridine rings is 3. The molecule has 33 heavy (non-hydrogen) atoms. The second kappa shape index (κ2) is 11.5. The molecule has 3 aromatic heterocycles. The Hall–Kier alpha value is -2.67. The van der Waals surface area contributed by atoms with Gasteiger partial charge in [0.15, 0.2) is 0 Å². The van der Waals surface area contributed by atoms with Crippen molar-refractivity contribution in [2.24, 2.45) is 0 Å². The summed E-state index contributed by atoms with van der Waals surface area (Å²) in [6.07, 6.45) is 8.92. The minimum absolute atomic E-state index is 0.421. The number of nitrogens with one attached hydrogen (secondary N) is 3. The van der Waals surface area contributed by atoms with Crippen molar-refractivity contribution < 1.29 is 0 Å². The fourth-order valence-electron chi connectivity index (χ4n) is 4.65. The first-order valence-electron chi connectivity index (χ1n) is 12.0. The predicted molar refractivity (Wildman–Crippen MR) is 133 cm³/mol. The van der Waals surface area contributed by atoms with Gasteiger partial charge in [-0.3, -0.25) is 15.0 Å². The zero-order valence-electron chi connectivity index (χ0n) is 20.0. The van der Waals surface area contributed by atoms with Crippen LogP contribution in [0.3, 0.4) is 0 Å². The first-order valence-corrected chi connectivity index (χ1v) is 12.0. The van der Waals surface area contributed by atoms with E-state index in [-0.39, 0.29) is 0 Å². The highest BCUT2D eigenvalue weighted by atomic mass is 15.0. The van der Waals surface area contributed by atoms with Gasteiger partial charge in [-0.05, 0) is 74.9 Å². The molecule has 0 saturated heterocycles. The van der Waals surface area contributed by atoms with Gasteiger partial charge in [0.1, 0.15) is 0 Å². The second-order valence-corrected chi connectivity index (χ2v) is 9.24. The summed E-state index contributed by atoms with van der Waals surface area (Å²) in [6.45, 7) is 8.79. The molecule has 3 aromatic rings. The molecular formula is C27H36N6. The minimum atomic E-state index is 0.421. The lowest BCUT2D eigenvalue weighted by molar-refractivity contribution is 0.245. The number of hydrogen-bond donors (Lipinski definition) is 3. The van der Waals surface area contributed by atoms with Crippen molar-refractivity contribution in [3.8, 4) is 0 Å². The molecule has 3 heterocycles. The maximum absolute atomic E-state index is 4.56. The number of rotatable bonds is 9. The molecule has 1 aliphatic rings. The molecule has 0 amide bonds. The fourth-order valence-corrected chi connectivity index (χ4v) is 4.65. The van der Waals surface area contributed by atoms with Crippen molar-refractivity contribution in [2.75, 3.05) is 0 Å². The van der Waals surface area contributed by atoms with E-state index in [1.54, 1.807) is 0 Å². The van der Waals surface area contributed by atoms with Gasteiger partial charge >= 0.3 is 0 Å². The van der Waals surface area contributed by atoms with Crippen LogP contribution in [0.25, 0.3) is 0 Å². The lowest BCUT2D eigenvalue weighted by Crippen LogP contribution is -2.50. The number of aryl methyl sites for hydroxylation is 3. The van der Waals surface area contributed by atoms with Crippen molar-refractivity contribution in [3.05, 3.63) is 88.8 Å². The molecule has 1 saturated carbocycles. The van der Waals surface area contributed by atoms with Gasteiger partial charge in [0.05, 0.1) is 17.1 Å². The minimum Gasteiger partial charge on any atom is -0.308 e. The van der Waals surface area contributed by atoms with E-state index in [1.165, 1.54) is 16.7 Å². The van der Waals surface area contributed by atoms with E-state index in [9.17, 15) is 0 Å². The molecule has 0 unspecified atom stereocenters. The van der Waals surface area contributed by atoms with Gasteiger partial charge in [0, 0.05) is 56.4 Å². The second-order valence-electron chi connectivity index (χ2n) is 9.24. The maximum Gasteiger partial charge on any atom is 0.0570 e. The van der Waals surface area contributed by atoms with Crippen LogP contribution < -0.4 is 16.0 Å². The summed E-state index contributed by atoms with van der Waals surface area (Å²) in [5, 5.41) is 11.4. The summed E-state index contributed by atoms with van der Waals surface area (Å²) >= 11 is 0. The van der Waals surface area contributed by atoms with Crippen molar-refractivity contribution in [2.45, 2.75) is 77.8 Å². The molecule has 0 radical (unpaired) electrons. The van der Waals surface area contributed by atoms with Crippen LogP contribution >= 0.6 is 0 Å². The first kappa shape index (κ1) is 23.5. The zero-order valence-corrected chi connectivity index (χ0v) is 20.0. The maximum atomic E-state index is 4.56. The molecule has 1 aliphatic carbocycles. The largest absolute Gasteiger partial charge is 0.308 e. The highest BCUT2D eigenvalue weighted by Gasteiger charge is 2.28. The summed E-state index contributed by atoms with van der Waals surface area (Å²) in [5.74, 6) is 0. The van der Waals surface area contributed by atoms with Gasteiger partial charge < -0.3 is 16.0 Å². The molecule has 0 aromatic carbocycles. The van der Waals surface area contributed by atoms with Crippen LogP contribution in [0.1, 0.15) is 53.0 Å². The average molecular weight is 445 g/mol. The molecular weight excluding hydrogens is 408 g/mol. The predicted octanol–water partition coefficient (Wildman–Crippen LogP) is 3.76. The zero-order chi connectivity index (χ0) is 23.0. The molecule has 1 fully saturated rings. The summed E-state index contributed by atoms with van der Waals surface area (Å²) in [4.78, 5) is 13.7. The van der Waals surface area contributed by atoms with Crippen molar-refractivity contribution >= 4 is 0 Å². The Morgan fingerprint density at radius 1 is 0.576 bits per heavy atom. The van der Waals surface area contributed by atoms with Gasteiger partial charge in [-0.15, -0.1) is 0 Å². The third kappa shape index (κ3) is 6.67. The fraction of sp³-hybridized carbons (Fsp3) is 0.444. The number of aromatic nitrogens is 3. The van der Waals surface area contributed by atoms with Crippen LogP contribution in [0.15, 0.2) is 55.0 Å². The Morgan fingerprint density at radius 3 is 1.15 bits per heavy atom. The molecule has 4 rings (SSSR count). The van der Waals surface area contributed by atoms with Crippen LogP contribution in [-0.2, 0) is 19.6 Å². The normalized spacial score (nSPS) is 20.6. The van der Waals surface area contributed by atoms with E-state index >= 15 is 0 Å². The Balaban J connectivity index is 1.39. The molecule has 0 bridgehead atoms. The Bertz CT molecular complexity index is 898. The third-order valence-corrected chi connectivity index (χ3v) is 6.74. The van der Waals surface area contributed by atoms with Gasteiger partial charge in [-0.25, -0.2) is 0 Å². The Labute approximate surface area is 197 Å². The molecule has 6 nitrogen and oxygen atoms in total. The number of nitrogens with zero attached hydrogens (tertiary/aromatic N) is 3. The van der Waals surface area contributed by atoms with Crippen LogP contribution in [-0.4, -0.2) is 33.1 Å². The quantitative estimate of drug-likeness (QED) is 0.467. The van der Waals surface area contributed by atoms with Crippen molar-refractivity contribution in [3.63, 3.8) is 0 Å². The van der Waals surface area contributed by atoms with E-state index in [0.29, 0.717) is 18.1 Å². The third-order valence-electron chi connectivity index (χ3n) is 6.74. The van der Waals surface area contributed by atoms with Crippen LogP contribution in [0.2, 0.25) is 0 Å². The van der Waals surface area contributed by atoms with Crippen LogP contribution in [0, 0.1) is 20.8 Å². The molecule has 0 aliphatic heterocycles. The van der Waals surface area contributed by atoms with Gasteiger partial charge in [-0.2, -0.15) is 0 Å². The summed E-state index contributed by atoms with van der Waals surface area (Å²) in [6, 6.07) is 13.6. The molecule has 0 atom stereocenters. The number of hydrogen-bond acceptors (Lipinski definition) is 6. The molecule has 3 N–H and O–H groups in total. The highest BCUT2D eigenvalue weighted by molar-refractivity contribution is 5.19. The van der Waals surface area contributed by atoms with Crippen LogP contribution in [0.5, 0.6) is 0 Å². The SMILES string of the molecule is Cc1cccnc1CNC1CC(NCc2ncccc2C)CC(NCc2ncccc2C)C1. The van der Waals surface area contributed by atoms with Crippen molar-refractivity contribution in [1.29, 1.82) is 0 Å². The van der Waals surface area contributed by atoms with Crippen LogP contribution in [0.4, 0.5) is 0 Å². The van der Waals surface area contributed by atoms with E-state index in [1.807, 2.05) is 36.8 Å². The van der Waals surface area contributed by atoms with E-state index in [4.69, 9.17) is 0 Å². The van der Waals surface area contributed by atoms with E-state index < -0.39 is 0 Å². The standard InChI is InChI=1S/C27H36N6/c1-19-7-4-10-28-25(19)16-31-22-13-23(32-17-26-20(2)8-5-11-29-26)15-24(14-22)33-18-27-21(3)9-6-12-30-27/h4-12,22-24,31-33H,13-18H2,1-3H3. The Morgan fingerprint density at radius 2 is 0.879 bits per heavy atom. The smallest absolute Gasteiger partial charge is 0.0570 e. The van der Waals surface area contributed by atoms with Gasteiger partial charge in [0.2, 0.25) is 0 Å². The average Bonchev–Trinajstić information content (AvgIpc) is 2.82. The molecule has 174 valence electrons. The summed E-state index contributed by atoms with van der Waals surface area (Å²) in [7, 11) is 0. The van der Waals surface area contributed by atoms with E-state index in [2.05, 4.69) is 69.9 Å². The van der Waals surface area contributed by atoms with E-state index in [0.717, 1.165) is 56.0 Å². The first-order chi connectivity index (χ1) is 16.1.